The molecular weight excluding hydrogens is 266 g/mol. The Balaban J connectivity index is 1.62. The number of aromatic nitrogens is 3. The van der Waals surface area contributed by atoms with Crippen molar-refractivity contribution in [3.05, 3.63) is 29.7 Å². The molecule has 5 nitrogen and oxygen atoms in total. The van der Waals surface area contributed by atoms with Gasteiger partial charge in [0.25, 0.3) is 0 Å². The Hall–Kier alpha value is -1.91. The fourth-order valence-corrected chi connectivity index (χ4v) is 3.26. The lowest BCUT2D eigenvalue weighted by Gasteiger charge is -2.26. The molecule has 0 spiro atoms. The topological polar surface area (TPSA) is 56.5 Å². The van der Waals surface area contributed by atoms with Gasteiger partial charge in [-0.05, 0) is 56.6 Å². The molecule has 1 fully saturated rings. The summed E-state index contributed by atoms with van der Waals surface area (Å²) >= 11 is 0. The molecule has 2 heterocycles. The second-order valence-corrected chi connectivity index (χ2v) is 5.94. The van der Waals surface area contributed by atoms with Crippen molar-refractivity contribution < 1.29 is 9.53 Å². The Bertz CT molecular complexity index is 642. The van der Waals surface area contributed by atoms with Crippen LogP contribution in [-0.4, -0.2) is 27.7 Å². The number of carbonyl (C=O) groups is 1. The SMILES string of the molecule is COC(=O)C1CCC(Cc2ccc3nc(C)nn3c2)CC1. The van der Waals surface area contributed by atoms with E-state index in [9.17, 15) is 4.79 Å². The Morgan fingerprint density at radius 2 is 2.10 bits per heavy atom. The molecule has 2 aromatic heterocycles. The van der Waals surface area contributed by atoms with Crippen molar-refractivity contribution in [1.82, 2.24) is 14.6 Å². The summed E-state index contributed by atoms with van der Waals surface area (Å²) in [5.41, 5.74) is 2.18. The summed E-state index contributed by atoms with van der Waals surface area (Å²) in [5, 5.41) is 4.36. The van der Waals surface area contributed by atoms with E-state index in [1.807, 2.05) is 17.5 Å². The molecule has 2 aromatic rings. The highest BCUT2D eigenvalue weighted by Crippen LogP contribution is 2.31. The molecule has 0 bridgehead atoms. The average molecular weight is 287 g/mol. The fourth-order valence-electron chi connectivity index (χ4n) is 3.26. The summed E-state index contributed by atoms with van der Waals surface area (Å²) in [6, 6.07) is 4.16. The van der Waals surface area contributed by atoms with Crippen LogP contribution in [0, 0.1) is 18.8 Å². The third-order valence-corrected chi connectivity index (χ3v) is 4.40. The zero-order valence-corrected chi connectivity index (χ0v) is 12.6. The number of aryl methyl sites for hydroxylation is 1. The number of pyridine rings is 1. The number of ether oxygens (including phenoxy) is 1. The first-order valence-electron chi connectivity index (χ1n) is 7.55. The lowest BCUT2D eigenvalue weighted by molar-refractivity contribution is -0.146. The molecule has 21 heavy (non-hydrogen) atoms. The molecule has 1 aliphatic carbocycles. The van der Waals surface area contributed by atoms with Gasteiger partial charge >= 0.3 is 5.97 Å². The van der Waals surface area contributed by atoms with Gasteiger partial charge in [0.1, 0.15) is 5.82 Å². The molecule has 1 aliphatic rings. The van der Waals surface area contributed by atoms with Crippen molar-refractivity contribution in [2.24, 2.45) is 11.8 Å². The molecule has 0 aliphatic heterocycles. The van der Waals surface area contributed by atoms with Crippen molar-refractivity contribution >= 4 is 11.6 Å². The number of nitrogens with zero attached hydrogens (tertiary/aromatic N) is 3. The maximum Gasteiger partial charge on any atom is 0.308 e. The summed E-state index contributed by atoms with van der Waals surface area (Å²) in [6.45, 7) is 1.90. The van der Waals surface area contributed by atoms with Gasteiger partial charge in [0.05, 0.1) is 13.0 Å². The van der Waals surface area contributed by atoms with Crippen LogP contribution < -0.4 is 0 Å². The van der Waals surface area contributed by atoms with Gasteiger partial charge in [-0.2, -0.15) is 5.10 Å². The van der Waals surface area contributed by atoms with Gasteiger partial charge in [0, 0.05) is 6.20 Å². The number of methoxy groups -OCH3 is 1. The van der Waals surface area contributed by atoms with E-state index >= 15 is 0 Å². The Morgan fingerprint density at radius 1 is 1.33 bits per heavy atom. The van der Waals surface area contributed by atoms with Gasteiger partial charge in [-0.15, -0.1) is 0 Å². The van der Waals surface area contributed by atoms with Gasteiger partial charge < -0.3 is 4.74 Å². The average Bonchev–Trinajstić information content (AvgIpc) is 2.86. The predicted octanol–water partition coefficient (Wildman–Crippen LogP) is 2.56. The predicted molar refractivity (Wildman–Crippen MR) is 78.9 cm³/mol. The van der Waals surface area contributed by atoms with Crippen LogP contribution in [0.5, 0.6) is 0 Å². The normalized spacial score (nSPS) is 22.4. The quantitative estimate of drug-likeness (QED) is 0.814. The zero-order chi connectivity index (χ0) is 14.8. The summed E-state index contributed by atoms with van der Waals surface area (Å²) in [5.74, 6) is 1.50. The minimum Gasteiger partial charge on any atom is -0.469 e. The molecule has 1 saturated carbocycles. The third kappa shape index (κ3) is 3.06. The van der Waals surface area contributed by atoms with E-state index in [4.69, 9.17) is 4.74 Å². The summed E-state index contributed by atoms with van der Waals surface area (Å²) in [7, 11) is 1.48. The zero-order valence-electron chi connectivity index (χ0n) is 12.6. The van der Waals surface area contributed by atoms with Crippen molar-refractivity contribution in [3.63, 3.8) is 0 Å². The highest BCUT2D eigenvalue weighted by molar-refractivity contribution is 5.72. The van der Waals surface area contributed by atoms with Crippen LogP contribution in [0.3, 0.4) is 0 Å². The largest absolute Gasteiger partial charge is 0.469 e. The van der Waals surface area contributed by atoms with E-state index in [1.54, 1.807) is 0 Å². The van der Waals surface area contributed by atoms with E-state index in [1.165, 1.54) is 12.7 Å². The molecule has 0 N–H and O–H groups in total. The first-order chi connectivity index (χ1) is 10.2. The Labute approximate surface area is 124 Å². The van der Waals surface area contributed by atoms with Crippen LogP contribution in [-0.2, 0) is 16.0 Å². The maximum atomic E-state index is 11.5. The summed E-state index contributed by atoms with van der Waals surface area (Å²) < 4.78 is 6.69. The number of esters is 1. The van der Waals surface area contributed by atoms with E-state index < -0.39 is 0 Å². The molecule has 0 amide bonds. The van der Waals surface area contributed by atoms with Gasteiger partial charge in [-0.25, -0.2) is 9.50 Å². The molecule has 5 heteroatoms. The monoisotopic (exact) mass is 287 g/mol. The third-order valence-electron chi connectivity index (χ3n) is 4.40. The van der Waals surface area contributed by atoms with E-state index in [0.717, 1.165) is 43.6 Å². The molecule has 0 radical (unpaired) electrons. The molecule has 112 valence electrons. The summed E-state index contributed by atoms with van der Waals surface area (Å²) in [6.07, 6.45) is 7.19. The molecule has 0 atom stereocenters. The van der Waals surface area contributed by atoms with Gasteiger partial charge in [-0.3, -0.25) is 4.79 Å². The van der Waals surface area contributed by atoms with Crippen LogP contribution in [0.15, 0.2) is 18.3 Å². The number of fused-ring (bicyclic) bond motifs is 1. The minimum atomic E-state index is -0.0482. The van der Waals surface area contributed by atoms with Gasteiger partial charge in [0.15, 0.2) is 5.65 Å². The smallest absolute Gasteiger partial charge is 0.308 e. The number of carbonyl (C=O) groups excluding carboxylic acids is 1. The van der Waals surface area contributed by atoms with Crippen LogP contribution in [0.25, 0.3) is 5.65 Å². The molecule has 3 rings (SSSR count). The second-order valence-electron chi connectivity index (χ2n) is 5.94. The maximum absolute atomic E-state index is 11.5. The highest BCUT2D eigenvalue weighted by atomic mass is 16.5. The molecular formula is C16H21N3O2. The van der Waals surface area contributed by atoms with Gasteiger partial charge in [0.2, 0.25) is 0 Å². The Morgan fingerprint density at radius 3 is 2.81 bits per heavy atom. The van der Waals surface area contributed by atoms with Gasteiger partial charge in [-0.1, -0.05) is 6.07 Å². The first-order valence-corrected chi connectivity index (χ1v) is 7.55. The molecule has 0 unspecified atom stereocenters. The molecule has 0 aromatic carbocycles. The fraction of sp³-hybridized carbons (Fsp3) is 0.562. The van der Waals surface area contributed by atoms with Crippen molar-refractivity contribution in [2.75, 3.05) is 7.11 Å². The highest BCUT2D eigenvalue weighted by Gasteiger charge is 2.26. The second kappa shape index (κ2) is 5.84. The minimum absolute atomic E-state index is 0.0482. The van der Waals surface area contributed by atoms with E-state index in [-0.39, 0.29) is 11.9 Å². The molecule has 0 saturated heterocycles. The van der Waals surface area contributed by atoms with Crippen LogP contribution in [0.2, 0.25) is 0 Å². The first kappa shape index (κ1) is 14.0. The van der Waals surface area contributed by atoms with E-state index in [0.29, 0.717) is 5.92 Å². The summed E-state index contributed by atoms with van der Waals surface area (Å²) in [4.78, 5) is 15.9. The lowest BCUT2D eigenvalue weighted by Crippen LogP contribution is -2.23. The Kier molecular flexibility index (Phi) is 3.90. The van der Waals surface area contributed by atoms with Crippen LogP contribution >= 0.6 is 0 Å². The van der Waals surface area contributed by atoms with E-state index in [2.05, 4.69) is 22.3 Å². The lowest BCUT2D eigenvalue weighted by atomic mass is 9.79. The number of rotatable bonds is 3. The van der Waals surface area contributed by atoms with Crippen molar-refractivity contribution in [2.45, 2.75) is 39.0 Å². The van der Waals surface area contributed by atoms with Crippen LogP contribution in [0.1, 0.15) is 37.1 Å². The van der Waals surface area contributed by atoms with Crippen LogP contribution in [0.4, 0.5) is 0 Å². The van der Waals surface area contributed by atoms with Crippen molar-refractivity contribution in [1.29, 1.82) is 0 Å². The number of hydrogen-bond acceptors (Lipinski definition) is 4. The standard InChI is InChI=1S/C16H21N3O2/c1-11-17-15-8-5-13(10-19(15)18-11)9-12-3-6-14(7-4-12)16(20)21-2/h5,8,10,12,14H,3-4,6-7,9H2,1-2H3. The van der Waals surface area contributed by atoms with Crippen molar-refractivity contribution in [3.8, 4) is 0 Å². The number of hydrogen-bond donors (Lipinski definition) is 0.